The Morgan fingerprint density at radius 2 is 1.69 bits per heavy atom. The van der Waals surface area contributed by atoms with Crippen LogP contribution in [0.5, 0.6) is 5.75 Å². The number of hydrogen-bond acceptors (Lipinski definition) is 5. The van der Waals surface area contributed by atoms with Gasteiger partial charge in [-0.1, -0.05) is 51.1 Å². The molecule has 0 aliphatic carbocycles. The first-order valence-electron chi connectivity index (χ1n) is 14.0. The van der Waals surface area contributed by atoms with Gasteiger partial charge in [0.1, 0.15) is 11.4 Å². The monoisotopic (exact) mass is 577 g/mol. The highest BCUT2D eigenvalue weighted by atomic mass is 28.4. The van der Waals surface area contributed by atoms with Crippen LogP contribution in [0, 0.1) is 11.3 Å². The van der Waals surface area contributed by atoms with E-state index in [-0.39, 0.29) is 22.2 Å². The third-order valence-corrected chi connectivity index (χ3v) is 12.4. The van der Waals surface area contributed by atoms with Gasteiger partial charge in [0, 0.05) is 17.9 Å². The normalized spacial score (nSPS) is 13.3. The van der Waals surface area contributed by atoms with Crippen molar-refractivity contribution < 1.29 is 14.0 Å². The zero-order valence-corrected chi connectivity index (χ0v) is 25.6. The van der Waals surface area contributed by atoms with Gasteiger partial charge in [-0.15, -0.1) is 0 Å². The molecule has 1 N–H and O–H groups in total. The molecule has 8 nitrogen and oxygen atoms in total. The van der Waals surface area contributed by atoms with Crippen molar-refractivity contribution in [3.63, 3.8) is 0 Å². The first-order chi connectivity index (χ1) is 19.9. The number of amides is 2. The highest BCUT2D eigenvalue weighted by Gasteiger charge is 2.39. The van der Waals surface area contributed by atoms with Gasteiger partial charge < -0.3 is 14.6 Å². The van der Waals surface area contributed by atoms with E-state index in [1.165, 1.54) is 11.8 Å². The van der Waals surface area contributed by atoms with Gasteiger partial charge in [-0.2, -0.15) is 10.4 Å². The maximum atomic E-state index is 13.6. The molecule has 1 aromatic heterocycles. The maximum Gasteiger partial charge on any atom is 0.277 e. The topological polar surface area (TPSA) is 100 Å². The fraction of sp³-hybridized carbons (Fsp3) is 0.273. The maximum absolute atomic E-state index is 13.6. The number of benzene rings is 3. The highest BCUT2D eigenvalue weighted by Crippen LogP contribution is 2.37. The Morgan fingerprint density at radius 1 is 1.02 bits per heavy atom. The van der Waals surface area contributed by atoms with Crippen LogP contribution >= 0.6 is 0 Å². The van der Waals surface area contributed by atoms with Gasteiger partial charge in [0.15, 0.2) is 0 Å². The summed E-state index contributed by atoms with van der Waals surface area (Å²) in [4.78, 5) is 28.3. The summed E-state index contributed by atoms with van der Waals surface area (Å²) in [7, 11) is -1.89. The van der Waals surface area contributed by atoms with Crippen molar-refractivity contribution in [3.8, 4) is 11.8 Å². The number of nitrogens with one attached hydrogen (secondary N) is 1. The molecule has 0 saturated heterocycles. The van der Waals surface area contributed by atoms with Crippen molar-refractivity contribution in [1.82, 2.24) is 9.78 Å². The minimum absolute atomic E-state index is 0.141. The zero-order valence-electron chi connectivity index (χ0n) is 24.6. The van der Waals surface area contributed by atoms with Gasteiger partial charge in [0.25, 0.3) is 11.8 Å². The van der Waals surface area contributed by atoms with Gasteiger partial charge in [0.05, 0.1) is 29.9 Å². The smallest absolute Gasteiger partial charge is 0.277 e. The van der Waals surface area contributed by atoms with E-state index in [1.54, 1.807) is 33.8 Å². The molecule has 1 aliphatic heterocycles. The molecule has 5 rings (SSSR count). The van der Waals surface area contributed by atoms with E-state index in [9.17, 15) is 9.59 Å². The Kier molecular flexibility index (Phi) is 7.76. The molecule has 0 unspecified atom stereocenters. The van der Waals surface area contributed by atoms with E-state index in [0.29, 0.717) is 24.3 Å². The molecule has 2 heterocycles. The number of carbonyl (C=O) groups excluding carboxylic acids is 2. The Bertz CT molecular complexity index is 1660. The van der Waals surface area contributed by atoms with Crippen molar-refractivity contribution in [2.45, 2.75) is 51.9 Å². The van der Waals surface area contributed by atoms with Gasteiger partial charge in [-0.3, -0.25) is 14.3 Å². The van der Waals surface area contributed by atoms with Crippen LogP contribution in [-0.4, -0.2) is 36.5 Å². The second-order valence-electron chi connectivity index (χ2n) is 12.1. The summed E-state index contributed by atoms with van der Waals surface area (Å²) in [5.41, 5.74) is 4.44. The molecule has 3 aromatic carbocycles. The zero-order chi connectivity index (χ0) is 30.1. The number of nitriles is 1. The third-order valence-electron chi connectivity index (χ3n) is 8.08. The fourth-order valence-electron chi connectivity index (χ4n) is 4.63. The lowest BCUT2D eigenvalue weighted by molar-refractivity contribution is 0.0947. The van der Waals surface area contributed by atoms with Gasteiger partial charge in [-0.05, 0) is 78.1 Å². The largest absolute Gasteiger partial charge is 0.544 e. The van der Waals surface area contributed by atoms with E-state index in [1.807, 2.05) is 36.4 Å². The van der Waals surface area contributed by atoms with Crippen LogP contribution in [0.4, 0.5) is 11.4 Å². The summed E-state index contributed by atoms with van der Waals surface area (Å²) < 4.78 is 7.98. The van der Waals surface area contributed by atoms with Crippen molar-refractivity contribution in [2.24, 2.45) is 0 Å². The molecule has 0 radical (unpaired) electrons. The van der Waals surface area contributed by atoms with Gasteiger partial charge in [-0.25, -0.2) is 0 Å². The average molecular weight is 578 g/mol. The van der Waals surface area contributed by atoms with Crippen molar-refractivity contribution in [3.05, 3.63) is 107 Å². The Morgan fingerprint density at radius 3 is 2.33 bits per heavy atom. The predicted molar refractivity (Wildman–Crippen MR) is 167 cm³/mol. The van der Waals surface area contributed by atoms with E-state index < -0.39 is 14.2 Å². The summed E-state index contributed by atoms with van der Waals surface area (Å²) >= 11 is 0. The first-order valence-corrected chi connectivity index (χ1v) is 16.9. The molecule has 9 heteroatoms. The van der Waals surface area contributed by atoms with Crippen LogP contribution in [0.2, 0.25) is 18.1 Å². The quantitative estimate of drug-likeness (QED) is 0.248. The number of rotatable bonds is 7. The molecule has 0 bridgehead atoms. The second-order valence-corrected chi connectivity index (χ2v) is 16.8. The molecule has 0 saturated carbocycles. The first kappa shape index (κ1) is 28.8. The van der Waals surface area contributed by atoms with Crippen molar-refractivity contribution in [1.29, 1.82) is 5.26 Å². The van der Waals surface area contributed by atoms with Crippen LogP contribution < -0.4 is 14.6 Å². The highest BCUT2D eigenvalue weighted by molar-refractivity contribution is 6.74. The summed E-state index contributed by atoms with van der Waals surface area (Å²) in [6.07, 6.45) is 2.19. The molecular weight excluding hydrogens is 542 g/mol. The third kappa shape index (κ3) is 5.99. The average Bonchev–Trinajstić information content (AvgIpc) is 3.40. The number of aromatic nitrogens is 2. The summed E-state index contributed by atoms with van der Waals surface area (Å²) in [5.74, 6) is 0.185. The number of anilines is 2. The Labute approximate surface area is 247 Å². The Balaban J connectivity index is 1.26. The lowest BCUT2D eigenvalue weighted by Gasteiger charge is -2.36. The van der Waals surface area contributed by atoms with Gasteiger partial charge in [0.2, 0.25) is 8.32 Å². The van der Waals surface area contributed by atoms with E-state index in [2.05, 4.69) is 62.5 Å². The summed E-state index contributed by atoms with van der Waals surface area (Å²) in [5, 5.41) is 16.3. The SMILES string of the molecule is CC(C)(C)[Si](C)(C)Oc1ccc(Cc2ccc(N3CCn4ncc(C(=O)Nc5cccc(C#N)c5)c4C3=O)cc2)cc1. The van der Waals surface area contributed by atoms with Crippen LogP contribution in [0.25, 0.3) is 0 Å². The van der Waals surface area contributed by atoms with Gasteiger partial charge >= 0.3 is 0 Å². The molecule has 0 spiro atoms. The molecular formula is C33H35N5O3Si. The number of fused-ring (bicyclic) bond motifs is 1. The molecule has 1 aliphatic rings. The summed E-state index contributed by atoms with van der Waals surface area (Å²) in [6.45, 7) is 12.1. The number of hydrogen-bond donors (Lipinski definition) is 1. The molecule has 4 aromatic rings. The number of nitrogens with zero attached hydrogens (tertiary/aromatic N) is 4. The fourth-order valence-corrected chi connectivity index (χ4v) is 5.67. The lowest BCUT2D eigenvalue weighted by Crippen LogP contribution is -2.43. The second kappa shape index (κ2) is 11.3. The standard InChI is InChI=1S/C33H35N5O3Si/c1-33(2,3)42(4,5)41-28-15-11-24(12-16-28)19-23-9-13-27(14-10-23)37-17-18-38-30(32(37)40)29(22-35-38)31(39)36-26-8-6-7-25(20-26)21-34/h6-16,20,22H,17-19H2,1-5H3,(H,36,39). The molecule has 0 atom stereocenters. The van der Waals surface area contributed by atoms with Crippen LogP contribution in [0.15, 0.2) is 79.0 Å². The molecule has 2 amide bonds. The molecule has 42 heavy (non-hydrogen) atoms. The molecule has 214 valence electrons. The summed E-state index contributed by atoms with van der Waals surface area (Å²) in [6, 6.07) is 25.0. The minimum atomic E-state index is -1.89. The van der Waals surface area contributed by atoms with Crippen molar-refractivity contribution >= 4 is 31.5 Å². The van der Waals surface area contributed by atoms with Crippen LogP contribution in [-0.2, 0) is 13.0 Å². The minimum Gasteiger partial charge on any atom is -0.544 e. The Hall–Kier alpha value is -4.68. The van der Waals surface area contributed by atoms with E-state index in [0.717, 1.165) is 23.4 Å². The van der Waals surface area contributed by atoms with E-state index in [4.69, 9.17) is 9.69 Å². The predicted octanol–water partition coefficient (Wildman–Crippen LogP) is 6.64. The number of carbonyl (C=O) groups is 2. The van der Waals surface area contributed by atoms with Crippen LogP contribution in [0.3, 0.4) is 0 Å². The van der Waals surface area contributed by atoms with Crippen molar-refractivity contribution in [2.75, 3.05) is 16.8 Å². The molecule has 0 fully saturated rings. The lowest BCUT2D eigenvalue weighted by atomic mass is 10.0. The van der Waals surface area contributed by atoms with E-state index >= 15 is 0 Å². The van der Waals surface area contributed by atoms with Crippen LogP contribution in [0.1, 0.15) is 58.3 Å².